The molecule has 0 aliphatic carbocycles. The van der Waals surface area contributed by atoms with Gasteiger partial charge in [-0.3, -0.25) is 0 Å². The molecule has 8 heteroatoms. The van der Waals surface area contributed by atoms with E-state index in [4.69, 9.17) is 10.5 Å². The number of halogens is 2. The van der Waals surface area contributed by atoms with Gasteiger partial charge in [-0.2, -0.15) is 0 Å². The number of hydrogen-bond acceptors (Lipinski definition) is 6. The third-order valence-electron chi connectivity index (χ3n) is 4.75. The molecule has 0 radical (unpaired) electrons. The first kappa shape index (κ1) is 16.4. The number of aliphatic imine (C=N–C) groups is 1. The number of nitrogens with zero attached hydrogens (tertiary/aromatic N) is 3. The molecule has 0 spiro atoms. The van der Waals surface area contributed by atoms with E-state index in [9.17, 15) is 8.78 Å². The lowest BCUT2D eigenvalue weighted by atomic mass is 9.74. The van der Waals surface area contributed by atoms with Crippen molar-refractivity contribution in [3.05, 3.63) is 59.7 Å². The zero-order valence-electron chi connectivity index (χ0n) is 13.2. The number of aromatic nitrogens is 2. The van der Waals surface area contributed by atoms with E-state index < -0.39 is 17.2 Å². The van der Waals surface area contributed by atoms with Crippen LogP contribution < -0.4 is 5.73 Å². The van der Waals surface area contributed by atoms with Crippen LogP contribution in [0.1, 0.15) is 23.8 Å². The van der Waals surface area contributed by atoms with E-state index in [-0.39, 0.29) is 18.6 Å². The van der Waals surface area contributed by atoms with Crippen molar-refractivity contribution >= 4 is 16.9 Å². The van der Waals surface area contributed by atoms with Crippen molar-refractivity contribution in [1.82, 2.24) is 9.97 Å². The molecule has 0 saturated carbocycles. The predicted octanol–water partition coefficient (Wildman–Crippen LogP) is 2.79. The molecule has 2 aromatic rings. The zero-order valence-corrected chi connectivity index (χ0v) is 14.0. The highest BCUT2D eigenvalue weighted by Gasteiger charge is 2.49. The maximum Gasteiger partial charge on any atom is 0.154 e. The van der Waals surface area contributed by atoms with Crippen LogP contribution in [0, 0.1) is 17.6 Å². The Bertz CT molecular complexity index is 820. The fourth-order valence-corrected chi connectivity index (χ4v) is 4.52. The molecule has 1 aromatic heterocycles. The number of benzene rings is 1. The maximum atomic E-state index is 14.5. The third-order valence-corrected chi connectivity index (χ3v) is 5.71. The van der Waals surface area contributed by atoms with E-state index in [1.54, 1.807) is 6.20 Å². The molecule has 3 heterocycles. The predicted molar refractivity (Wildman–Crippen MR) is 90.9 cm³/mol. The molecule has 0 bridgehead atoms. The van der Waals surface area contributed by atoms with Gasteiger partial charge in [0.2, 0.25) is 0 Å². The molecule has 1 aromatic carbocycles. The van der Waals surface area contributed by atoms with Crippen LogP contribution in [-0.2, 0) is 10.3 Å². The van der Waals surface area contributed by atoms with Crippen LogP contribution in [0.4, 0.5) is 8.78 Å². The first-order valence-electron chi connectivity index (χ1n) is 7.89. The molecule has 130 valence electrons. The van der Waals surface area contributed by atoms with E-state index in [2.05, 4.69) is 15.0 Å². The molecule has 4 rings (SSSR count). The Morgan fingerprint density at radius 2 is 2.16 bits per heavy atom. The molecule has 1 saturated heterocycles. The van der Waals surface area contributed by atoms with Gasteiger partial charge in [0.15, 0.2) is 5.17 Å². The molecular weight excluding hydrogens is 346 g/mol. The number of rotatable bonds is 2. The second-order valence-corrected chi connectivity index (χ2v) is 7.22. The Morgan fingerprint density at radius 3 is 2.92 bits per heavy atom. The highest BCUT2D eigenvalue weighted by atomic mass is 32.2. The summed E-state index contributed by atoms with van der Waals surface area (Å²) in [6.45, 7) is 0.163. The van der Waals surface area contributed by atoms with Crippen molar-refractivity contribution in [1.29, 1.82) is 0 Å². The molecule has 1 unspecified atom stereocenters. The van der Waals surface area contributed by atoms with Crippen LogP contribution in [0.2, 0.25) is 0 Å². The Morgan fingerprint density at radius 1 is 1.28 bits per heavy atom. The molecule has 3 atom stereocenters. The summed E-state index contributed by atoms with van der Waals surface area (Å²) in [5.74, 6) is -0.556. The summed E-state index contributed by atoms with van der Waals surface area (Å²) in [5, 5.41) is 0.393. The standard InChI is InChI=1S/C17H16F2N4OS/c18-11-1-2-12(13(19)6-11)17-8-24-15(14-3-4-21-9-22-14)5-10(17)7-25-16(20)23-17/h1-4,6,9-10,15H,5,7-8H2,(H2,20,23)/t10?,15-,17+/m1/s1. The normalized spacial score (nSPS) is 29.0. The zero-order chi connectivity index (χ0) is 17.4. The summed E-state index contributed by atoms with van der Waals surface area (Å²) in [7, 11) is 0. The van der Waals surface area contributed by atoms with E-state index in [0.29, 0.717) is 22.9 Å². The van der Waals surface area contributed by atoms with Crippen LogP contribution in [0.3, 0.4) is 0 Å². The molecule has 2 N–H and O–H groups in total. The molecule has 5 nitrogen and oxygen atoms in total. The highest BCUT2D eigenvalue weighted by molar-refractivity contribution is 8.13. The van der Waals surface area contributed by atoms with Gasteiger partial charge in [-0.25, -0.2) is 23.7 Å². The van der Waals surface area contributed by atoms with Crippen LogP contribution in [-0.4, -0.2) is 27.5 Å². The summed E-state index contributed by atoms with van der Waals surface area (Å²) in [6.07, 6.45) is 3.56. The van der Waals surface area contributed by atoms with E-state index in [1.807, 2.05) is 6.07 Å². The minimum atomic E-state index is -0.934. The van der Waals surface area contributed by atoms with E-state index in [1.165, 1.54) is 30.2 Å². The first-order valence-corrected chi connectivity index (χ1v) is 8.88. The second-order valence-electron chi connectivity index (χ2n) is 6.18. The van der Waals surface area contributed by atoms with Crippen molar-refractivity contribution in [2.24, 2.45) is 16.6 Å². The van der Waals surface area contributed by atoms with Crippen molar-refractivity contribution in [2.45, 2.75) is 18.1 Å². The number of hydrogen-bond donors (Lipinski definition) is 1. The maximum absolute atomic E-state index is 14.5. The van der Waals surface area contributed by atoms with Crippen molar-refractivity contribution in [3.8, 4) is 0 Å². The van der Waals surface area contributed by atoms with Crippen LogP contribution >= 0.6 is 11.8 Å². The average Bonchev–Trinajstić information content (AvgIpc) is 2.61. The van der Waals surface area contributed by atoms with Gasteiger partial charge in [0.25, 0.3) is 0 Å². The molecule has 2 aliphatic rings. The average molecular weight is 362 g/mol. The summed E-state index contributed by atoms with van der Waals surface area (Å²) < 4.78 is 33.9. The fourth-order valence-electron chi connectivity index (χ4n) is 3.51. The minimum absolute atomic E-state index is 0.00141. The van der Waals surface area contributed by atoms with Crippen molar-refractivity contribution in [2.75, 3.05) is 12.4 Å². The quantitative estimate of drug-likeness (QED) is 0.889. The largest absolute Gasteiger partial charge is 0.379 e. The van der Waals surface area contributed by atoms with E-state index >= 15 is 0 Å². The van der Waals surface area contributed by atoms with E-state index in [0.717, 1.165) is 11.8 Å². The van der Waals surface area contributed by atoms with Gasteiger partial charge < -0.3 is 10.5 Å². The number of ether oxygens (including phenoxy) is 1. The van der Waals surface area contributed by atoms with Gasteiger partial charge in [-0.05, 0) is 18.6 Å². The first-order chi connectivity index (χ1) is 12.1. The molecular formula is C17H16F2N4OS. The lowest BCUT2D eigenvalue weighted by Gasteiger charge is -2.46. The van der Waals surface area contributed by atoms with Crippen LogP contribution in [0.5, 0.6) is 0 Å². The number of nitrogens with two attached hydrogens (primary N) is 1. The van der Waals surface area contributed by atoms with Gasteiger partial charge in [0.1, 0.15) is 29.6 Å². The smallest absolute Gasteiger partial charge is 0.154 e. The summed E-state index contributed by atoms with van der Waals surface area (Å²) in [4.78, 5) is 12.7. The highest BCUT2D eigenvalue weighted by Crippen LogP contribution is 2.49. The summed E-state index contributed by atoms with van der Waals surface area (Å²) in [5.41, 5.74) is 6.11. The van der Waals surface area contributed by atoms with Crippen molar-refractivity contribution < 1.29 is 13.5 Å². The Hall–Kier alpha value is -2.06. The van der Waals surface area contributed by atoms with Gasteiger partial charge in [0.05, 0.1) is 12.3 Å². The van der Waals surface area contributed by atoms with Gasteiger partial charge in [0, 0.05) is 29.5 Å². The lowest BCUT2D eigenvalue weighted by molar-refractivity contribution is -0.0606. The van der Waals surface area contributed by atoms with Gasteiger partial charge in [-0.1, -0.05) is 17.8 Å². The Balaban J connectivity index is 1.73. The molecule has 25 heavy (non-hydrogen) atoms. The number of thioether (sulfide) groups is 1. The monoisotopic (exact) mass is 362 g/mol. The fraction of sp³-hybridized carbons (Fsp3) is 0.353. The second kappa shape index (κ2) is 6.34. The lowest BCUT2D eigenvalue weighted by Crippen LogP contribution is -2.48. The summed E-state index contributed by atoms with van der Waals surface area (Å²) in [6, 6.07) is 5.38. The Kier molecular flexibility index (Phi) is 4.16. The van der Waals surface area contributed by atoms with Gasteiger partial charge >= 0.3 is 0 Å². The minimum Gasteiger partial charge on any atom is -0.379 e. The van der Waals surface area contributed by atoms with Crippen molar-refractivity contribution in [3.63, 3.8) is 0 Å². The molecule has 2 aliphatic heterocycles. The summed E-state index contributed by atoms with van der Waals surface area (Å²) >= 11 is 1.45. The number of amidine groups is 1. The number of fused-ring (bicyclic) bond motifs is 1. The molecule has 1 fully saturated rings. The van der Waals surface area contributed by atoms with Crippen LogP contribution in [0.25, 0.3) is 0 Å². The topological polar surface area (TPSA) is 73.4 Å². The van der Waals surface area contributed by atoms with Gasteiger partial charge in [-0.15, -0.1) is 0 Å². The third kappa shape index (κ3) is 2.89. The SMILES string of the molecule is NC1=N[C@@]2(c3ccc(F)cc3F)CO[C@@H](c3ccncn3)CC2CS1. The molecule has 0 amide bonds. The van der Waals surface area contributed by atoms with Crippen LogP contribution in [0.15, 0.2) is 41.8 Å². The Labute approximate surface area is 147 Å².